The molecule has 7 nitrogen and oxygen atoms in total. The number of pyridine rings is 1. The van der Waals surface area contributed by atoms with Crippen molar-refractivity contribution in [2.24, 2.45) is 0 Å². The van der Waals surface area contributed by atoms with E-state index in [0.717, 1.165) is 12.4 Å². The summed E-state index contributed by atoms with van der Waals surface area (Å²) in [5.41, 5.74) is 0.651. The van der Waals surface area contributed by atoms with E-state index in [1.807, 2.05) is 25.1 Å². The molecule has 0 radical (unpaired) electrons. The van der Waals surface area contributed by atoms with Crippen LogP contribution in [0.3, 0.4) is 0 Å². The lowest BCUT2D eigenvalue weighted by Gasteiger charge is -2.03. The summed E-state index contributed by atoms with van der Waals surface area (Å²) in [7, 11) is 0. The molecule has 0 atom stereocenters. The molecule has 7 heteroatoms. The number of amides is 1. The van der Waals surface area contributed by atoms with Crippen molar-refractivity contribution in [2.75, 3.05) is 17.2 Å². The first-order valence-corrected chi connectivity index (χ1v) is 6.22. The molecule has 3 rings (SSSR count). The highest BCUT2D eigenvalue weighted by Gasteiger charge is 2.13. The van der Waals surface area contributed by atoms with Gasteiger partial charge in [-0.3, -0.25) is 10.1 Å². The molecule has 0 spiro atoms. The number of rotatable bonds is 4. The molecule has 0 aliphatic carbocycles. The second kappa shape index (κ2) is 5.04. The van der Waals surface area contributed by atoms with Gasteiger partial charge in [0.05, 0.1) is 6.26 Å². The van der Waals surface area contributed by atoms with Crippen molar-refractivity contribution < 1.29 is 9.21 Å². The maximum Gasteiger partial charge on any atom is 0.293 e. The highest BCUT2D eigenvalue weighted by molar-refractivity contribution is 6.01. The molecule has 0 unspecified atom stereocenters. The van der Waals surface area contributed by atoms with Crippen LogP contribution in [-0.4, -0.2) is 27.0 Å². The predicted molar refractivity (Wildman–Crippen MR) is 73.8 cm³/mol. The lowest BCUT2D eigenvalue weighted by Crippen LogP contribution is -2.12. The van der Waals surface area contributed by atoms with Crippen molar-refractivity contribution in [3.05, 3.63) is 42.4 Å². The summed E-state index contributed by atoms with van der Waals surface area (Å²) >= 11 is 0. The number of carbonyl (C=O) groups excluding carboxylic acids is 1. The van der Waals surface area contributed by atoms with Crippen LogP contribution in [0.5, 0.6) is 0 Å². The van der Waals surface area contributed by atoms with Gasteiger partial charge in [-0.05, 0) is 31.2 Å². The minimum absolute atomic E-state index is 0.218. The number of aromatic nitrogens is 3. The van der Waals surface area contributed by atoms with E-state index in [0.29, 0.717) is 5.65 Å². The van der Waals surface area contributed by atoms with Gasteiger partial charge in [-0.1, -0.05) is 6.07 Å². The Balaban J connectivity index is 1.89. The Morgan fingerprint density at radius 2 is 2.25 bits per heavy atom. The second-order valence-electron chi connectivity index (χ2n) is 4.08. The van der Waals surface area contributed by atoms with Crippen molar-refractivity contribution >= 4 is 23.3 Å². The third kappa shape index (κ3) is 2.20. The normalized spacial score (nSPS) is 10.7. The number of fused-ring (bicyclic) bond motifs is 1. The van der Waals surface area contributed by atoms with E-state index in [-0.39, 0.29) is 17.6 Å². The quantitative estimate of drug-likeness (QED) is 0.758. The molecular formula is C13H13N5O2. The highest BCUT2D eigenvalue weighted by atomic mass is 16.3. The lowest BCUT2D eigenvalue weighted by atomic mass is 10.4. The molecule has 0 saturated heterocycles. The highest BCUT2D eigenvalue weighted by Crippen LogP contribution is 2.13. The number of hydrogen-bond acceptors (Lipinski definition) is 5. The molecule has 1 amide bonds. The number of hydrogen-bond donors (Lipinski definition) is 2. The number of nitrogens with zero attached hydrogens (tertiary/aromatic N) is 3. The molecule has 0 fully saturated rings. The minimum Gasteiger partial charge on any atom is -0.459 e. The molecule has 2 N–H and O–H groups in total. The van der Waals surface area contributed by atoms with Gasteiger partial charge >= 0.3 is 0 Å². The largest absolute Gasteiger partial charge is 0.459 e. The SMILES string of the molecule is CCNc1cccc2nc(NC(=O)c3ccco3)nn12. The number of furan rings is 1. The zero-order valence-electron chi connectivity index (χ0n) is 10.8. The van der Waals surface area contributed by atoms with Crippen LogP contribution in [0.25, 0.3) is 5.65 Å². The fourth-order valence-corrected chi connectivity index (χ4v) is 1.84. The minimum atomic E-state index is -0.379. The van der Waals surface area contributed by atoms with E-state index in [1.165, 1.54) is 6.26 Å². The Morgan fingerprint density at radius 1 is 1.35 bits per heavy atom. The van der Waals surface area contributed by atoms with Gasteiger partial charge in [0, 0.05) is 6.54 Å². The summed E-state index contributed by atoms with van der Waals surface area (Å²) in [5.74, 6) is 0.888. The Hall–Kier alpha value is -2.83. The fourth-order valence-electron chi connectivity index (χ4n) is 1.84. The molecule has 0 aromatic carbocycles. The number of anilines is 2. The molecule has 3 heterocycles. The van der Waals surface area contributed by atoms with Gasteiger partial charge in [0.2, 0.25) is 5.95 Å². The van der Waals surface area contributed by atoms with Crippen LogP contribution >= 0.6 is 0 Å². The van der Waals surface area contributed by atoms with Gasteiger partial charge in [-0.25, -0.2) is 0 Å². The van der Waals surface area contributed by atoms with Crippen molar-refractivity contribution in [1.82, 2.24) is 14.6 Å². The summed E-state index contributed by atoms with van der Waals surface area (Å²) in [5, 5.41) is 10.0. The fraction of sp³-hybridized carbons (Fsp3) is 0.154. The zero-order valence-corrected chi connectivity index (χ0v) is 10.8. The Morgan fingerprint density at radius 3 is 3.00 bits per heavy atom. The third-order valence-corrected chi connectivity index (χ3v) is 2.69. The predicted octanol–water partition coefficient (Wildman–Crippen LogP) is 2.01. The first kappa shape index (κ1) is 12.2. The molecular weight excluding hydrogens is 258 g/mol. The molecule has 102 valence electrons. The van der Waals surface area contributed by atoms with Crippen molar-refractivity contribution in [2.45, 2.75) is 6.92 Å². The average molecular weight is 271 g/mol. The first-order chi connectivity index (χ1) is 9.78. The number of carbonyl (C=O) groups is 1. The maximum atomic E-state index is 11.9. The standard InChI is InChI=1S/C13H13N5O2/c1-2-14-10-6-3-7-11-15-13(17-18(10)11)16-12(19)9-5-4-8-20-9/h3-8,14H,2H2,1H3,(H,16,17,19). The van der Waals surface area contributed by atoms with Gasteiger partial charge in [-0.15, -0.1) is 5.10 Å². The van der Waals surface area contributed by atoms with E-state index in [1.54, 1.807) is 16.6 Å². The van der Waals surface area contributed by atoms with Gasteiger partial charge in [0.15, 0.2) is 11.4 Å². The van der Waals surface area contributed by atoms with E-state index in [4.69, 9.17) is 4.42 Å². The van der Waals surface area contributed by atoms with Crippen LogP contribution in [0.1, 0.15) is 17.5 Å². The summed E-state index contributed by atoms with van der Waals surface area (Å²) in [6, 6.07) is 8.81. The summed E-state index contributed by atoms with van der Waals surface area (Å²) in [6.45, 7) is 2.77. The van der Waals surface area contributed by atoms with Crippen LogP contribution in [0.15, 0.2) is 41.0 Å². The first-order valence-electron chi connectivity index (χ1n) is 6.22. The topological polar surface area (TPSA) is 84.5 Å². The van der Waals surface area contributed by atoms with E-state index < -0.39 is 0 Å². The molecule has 3 aromatic heterocycles. The third-order valence-electron chi connectivity index (χ3n) is 2.69. The van der Waals surface area contributed by atoms with E-state index in [2.05, 4.69) is 20.7 Å². The molecule has 0 aliphatic heterocycles. The Bertz CT molecular complexity index is 732. The summed E-state index contributed by atoms with van der Waals surface area (Å²) in [4.78, 5) is 16.1. The van der Waals surface area contributed by atoms with Gasteiger partial charge in [0.1, 0.15) is 5.82 Å². The van der Waals surface area contributed by atoms with Crippen molar-refractivity contribution in [3.8, 4) is 0 Å². The maximum absolute atomic E-state index is 11.9. The number of nitrogens with one attached hydrogen (secondary N) is 2. The van der Waals surface area contributed by atoms with Gasteiger partial charge < -0.3 is 9.73 Å². The smallest absolute Gasteiger partial charge is 0.293 e. The zero-order chi connectivity index (χ0) is 13.9. The van der Waals surface area contributed by atoms with Gasteiger partial charge in [0.25, 0.3) is 5.91 Å². The average Bonchev–Trinajstić information content (AvgIpc) is 3.07. The van der Waals surface area contributed by atoms with Crippen LogP contribution in [0.4, 0.5) is 11.8 Å². The molecule has 3 aromatic rings. The molecule has 20 heavy (non-hydrogen) atoms. The monoisotopic (exact) mass is 271 g/mol. The molecule has 0 aliphatic rings. The van der Waals surface area contributed by atoms with E-state index >= 15 is 0 Å². The van der Waals surface area contributed by atoms with Crippen molar-refractivity contribution in [1.29, 1.82) is 0 Å². The lowest BCUT2D eigenvalue weighted by molar-refractivity contribution is 0.0996. The van der Waals surface area contributed by atoms with Crippen LogP contribution in [0, 0.1) is 0 Å². The van der Waals surface area contributed by atoms with Crippen molar-refractivity contribution in [3.63, 3.8) is 0 Å². The van der Waals surface area contributed by atoms with E-state index in [9.17, 15) is 4.79 Å². The Labute approximate surface area is 114 Å². The molecule has 0 bridgehead atoms. The van der Waals surface area contributed by atoms with Gasteiger partial charge in [-0.2, -0.15) is 9.50 Å². The van der Waals surface area contributed by atoms with Crippen LogP contribution in [0.2, 0.25) is 0 Å². The molecule has 0 saturated carbocycles. The summed E-state index contributed by atoms with van der Waals surface area (Å²) in [6.07, 6.45) is 1.44. The summed E-state index contributed by atoms with van der Waals surface area (Å²) < 4.78 is 6.66. The van der Waals surface area contributed by atoms with Crippen LogP contribution < -0.4 is 10.6 Å². The van der Waals surface area contributed by atoms with Crippen LogP contribution in [-0.2, 0) is 0 Å². The second-order valence-corrected chi connectivity index (χ2v) is 4.08. The Kier molecular flexibility index (Phi) is 3.08.